The largest absolute Gasteiger partial charge is 0.304 e. The lowest BCUT2D eigenvalue weighted by Gasteiger charge is -1.96. The molecule has 0 unspecified atom stereocenters. The SMILES string of the molecule is Cc1cccn2cnc(N=C=O)c12. The average Bonchev–Trinajstić information content (AvgIpc) is 2.51. The number of aryl methyl sites for hydroxylation is 1. The minimum atomic E-state index is 0.424. The van der Waals surface area contributed by atoms with E-state index >= 15 is 0 Å². The lowest BCUT2D eigenvalue weighted by atomic mass is 10.2. The van der Waals surface area contributed by atoms with E-state index in [1.165, 1.54) is 6.08 Å². The Bertz CT molecular complexity index is 495. The van der Waals surface area contributed by atoms with Crippen LogP contribution in [0.2, 0.25) is 0 Å². The summed E-state index contributed by atoms with van der Waals surface area (Å²) in [6, 6.07) is 3.86. The van der Waals surface area contributed by atoms with Crippen molar-refractivity contribution in [2.75, 3.05) is 0 Å². The van der Waals surface area contributed by atoms with Crippen LogP contribution in [0.25, 0.3) is 5.52 Å². The molecule has 13 heavy (non-hydrogen) atoms. The maximum Gasteiger partial charge on any atom is 0.242 e. The average molecular weight is 173 g/mol. The Morgan fingerprint density at radius 1 is 1.62 bits per heavy atom. The van der Waals surface area contributed by atoms with Gasteiger partial charge in [-0.25, -0.2) is 9.78 Å². The van der Waals surface area contributed by atoms with Crippen molar-refractivity contribution in [2.45, 2.75) is 6.92 Å². The van der Waals surface area contributed by atoms with E-state index in [9.17, 15) is 4.79 Å². The zero-order chi connectivity index (χ0) is 9.26. The fraction of sp³-hybridized carbons (Fsp3) is 0.111. The first-order chi connectivity index (χ1) is 6.33. The Kier molecular flexibility index (Phi) is 1.69. The number of nitrogens with zero attached hydrogens (tertiary/aromatic N) is 3. The molecule has 0 aromatic carbocycles. The highest BCUT2D eigenvalue weighted by Gasteiger charge is 2.04. The van der Waals surface area contributed by atoms with Crippen molar-refractivity contribution >= 4 is 17.4 Å². The Morgan fingerprint density at radius 3 is 3.23 bits per heavy atom. The number of aromatic nitrogens is 2. The third-order valence-corrected chi connectivity index (χ3v) is 1.89. The van der Waals surface area contributed by atoms with Crippen molar-refractivity contribution in [3.05, 3.63) is 30.2 Å². The monoisotopic (exact) mass is 173 g/mol. The van der Waals surface area contributed by atoms with Crippen LogP contribution in [0.1, 0.15) is 5.56 Å². The van der Waals surface area contributed by atoms with Gasteiger partial charge >= 0.3 is 0 Å². The van der Waals surface area contributed by atoms with E-state index in [0.717, 1.165) is 11.1 Å². The third kappa shape index (κ3) is 1.13. The topological polar surface area (TPSA) is 46.7 Å². The van der Waals surface area contributed by atoms with E-state index < -0.39 is 0 Å². The molecular formula is C9H7N3O. The van der Waals surface area contributed by atoms with Gasteiger partial charge in [0.15, 0.2) is 5.82 Å². The maximum absolute atomic E-state index is 10.1. The summed E-state index contributed by atoms with van der Waals surface area (Å²) in [7, 11) is 0. The highest BCUT2D eigenvalue weighted by atomic mass is 16.1. The van der Waals surface area contributed by atoms with E-state index in [1.54, 1.807) is 6.33 Å². The number of carbonyl (C=O) groups excluding carboxylic acids is 1. The molecule has 2 aromatic heterocycles. The molecule has 64 valence electrons. The zero-order valence-corrected chi connectivity index (χ0v) is 7.06. The molecule has 2 heterocycles. The van der Waals surface area contributed by atoms with Crippen LogP contribution in [-0.2, 0) is 4.79 Å². The quantitative estimate of drug-likeness (QED) is 0.485. The van der Waals surface area contributed by atoms with Crippen LogP contribution in [0.4, 0.5) is 5.82 Å². The first-order valence-electron chi connectivity index (χ1n) is 3.83. The third-order valence-electron chi connectivity index (χ3n) is 1.89. The molecule has 2 aromatic rings. The highest BCUT2D eigenvalue weighted by Crippen LogP contribution is 2.20. The van der Waals surface area contributed by atoms with Crippen LogP contribution in [-0.4, -0.2) is 15.5 Å². The van der Waals surface area contributed by atoms with Gasteiger partial charge in [0.2, 0.25) is 6.08 Å². The molecule has 0 radical (unpaired) electrons. The molecule has 0 aliphatic heterocycles. The van der Waals surface area contributed by atoms with Gasteiger partial charge in [0.1, 0.15) is 6.33 Å². The van der Waals surface area contributed by atoms with Gasteiger partial charge in [-0.05, 0) is 18.6 Å². The summed E-state index contributed by atoms with van der Waals surface area (Å²) in [6.45, 7) is 1.95. The molecule has 0 bridgehead atoms. The number of imidazole rings is 1. The number of hydrogen-bond donors (Lipinski definition) is 0. The molecule has 0 fully saturated rings. The van der Waals surface area contributed by atoms with Gasteiger partial charge in [-0.1, -0.05) is 6.07 Å². The summed E-state index contributed by atoms with van der Waals surface area (Å²) in [5.74, 6) is 0.424. The number of rotatable bonds is 1. The lowest BCUT2D eigenvalue weighted by molar-refractivity contribution is 0.565. The van der Waals surface area contributed by atoms with Crippen molar-refractivity contribution in [3.8, 4) is 0 Å². The molecule has 0 aliphatic rings. The van der Waals surface area contributed by atoms with Crippen LogP contribution in [0.15, 0.2) is 29.6 Å². The summed E-state index contributed by atoms with van der Waals surface area (Å²) < 4.78 is 1.82. The van der Waals surface area contributed by atoms with Gasteiger partial charge in [0, 0.05) is 6.20 Å². The fourth-order valence-electron chi connectivity index (χ4n) is 1.33. The van der Waals surface area contributed by atoms with Crippen molar-refractivity contribution in [2.24, 2.45) is 4.99 Å². The minimum Gasteiger partial charge on any atom is -0.304 e. The molecular weight excluding hydrogens is 166 g/mol. The molecule has 0 amide bonds. The fourth-order valence-corrected chi connectivity index (χ4v) is 1.33. The van der Waals surface area contributed by atoms with E-state index in [2.05, 4.69) is 9.98 Å². The Balaban J connectivity index is 2.85. The van der Waals surface area contributed by atoms with E-state index in [0.29, 0.717) is 5.82 Å². The molecule has 0 N–H and O–H groups in total. The molecule has 4 nitrogen and oxygen atoms in total. The van der Waals surface area contributed by atoms with Crippen LogP contribution < -0.4 is 0 Å². The standard InChI is InChI=1S/C9H7N3O/c1-7-3-2-4-12-5-10-9(8(7)12)11-6-13/h2-5H,1H3. The van der Waals surface area contributed by atoms with Gasteiger partial charge in [-0.15, -0.1) is 4.99 Å². The molecule has 0 spiro atoms. The lowest BCUT2D eigenvalue weighted by Crippen LogP contribution is -1.82. The van der Waals surface area contributed by atoms with Gasteiger partial charge < -0.3 is 4.40 Å². The second-order valence-corrected chi connectivity index (χ2v) is 2.72. The second-order valence-electron chi connectivity index (χ2n) is 2.72. The first kappa shape index (κ1) is 7.71. The first-order valence-corrected chi connectivity index (χ1v) is 3.83. The van der Waals surface area contributed by atoms with E-state index in [1.807, 2.05) is 29.7 Å². The number of hydrogen-bond acceptors (Lipinski definition) is 3. The summed E-state index contributed by atoms with van der Waals surface area (Å²) in [5, 5.41) is 0. The molecule has 0 aliphatic carbocycles. The van der Waals surface area contributed by atoms with Crippen molar-refractivity contribution in [1.29, 1.82) is 0 Å². The smallest absolute Gasteiger partial charge is 0.242 e. The van der Waals surface area contributed by atoms with Crippen LogP contribution in [0, 0.1) is 6.92 Å². The highest BCUT2D eigenvalue weighted by molar-refractivity contribution is 5.71. The van der Waals surface area contributed by atoms with Crippen LogP contribution >= 0.6 is 0 Å². The molecule has 2 rings (SSSR count). The zero-order valence-electron chi connectivity index (χ0n) is 7.06. The van der Waals surface area contributed by atoms with Gasteiger partial charge in [-0.2, -0.15) is 0 Å². The summed E-state index contributed by atoms with van der Waals surface area (Å²) >= 11 is 0. The van der Waals surface area contributed by atoms with Crippen molar-refractivity contribution in [3.63, 3.8) is 0 Å². The van der Waals surface area contributed by atoms with E-state index in [-0.39, 0.29) is 0 Å². The number of pyridine rings is 1. The number of isocyanates is 1. The normalized spacial score (nSPS) is 9.92. The van der Waals surface area contributed by atoms with Crippen molar-refractivity contribution < 1.29 is 4.79 Å². The number of aliphatic imine (C=N–C) groups is 1. The summed E-state index contributed by atoms with van der Waals surface area (Å²) in [6.07, 6.45) is 4.97. The second kappa shape index (κ2) is 2.84. The van der Waals surface area contributed by atoms with Gasteiger partial charge in [0.05, 0.1) is 5.52 Å². The Morgan fingerprint density at radius 2 is 2.46 bits per heavy atom. The van der Waals surface area contributed by atoms with Crippen LogP contribution in [0.5, 0.6) is 0 Å². The van der Waals surface area contributed by atoms with E-state index in [4.69, 9.17) is 0 Å². The molecule has 0 saturated carbocycles. The Labute approximate surface area is 74.6 Å². The predicted octanol–water partition coefficient (Wildman–Crippen LogP) is 1.61. The van der Waals surface area contributed by atoms with Crippen molar-refractivity contribution in [1.82, 2.24) is 9.38 Å². The van der Waals surface area contributed by atoms with Gasteiger partial charge in [0.25, 0.3) is 0 Å². The summed E-state index contributed by atoms with van der Waals surface area (Å²) in [5.41, 5.74) is 1.89. The number of fused-ring (bicyclic) bond motifs is 1. The molecule has 0 saturated heterocycles. The van der Waals surface area contributed by atoms with Gasteiger partial charge in [-0.3, -0.25) is 0 Å². The van der Waals surface area contributed by atoms with Crippen LogP contribution in [0.3, 0.4) is 0 Å². The summed E-state index contributed by atoms with van der Waals surface area (Å²) in [4.78, 5) is 17.6. The minimum absolute atomic E-state index is 0.424. The predicted molar refractivity (Wildman–Crippen MR) is 47.7 cm³/mol. The molecule has 4 heteroatoms. The Hall–Kier alpha value is -1.93. The maximum atomic E-state index is 10.1. The molecule has 0 atom stereocenters.